The monoisotopic (exact) mass is 651 g/mol. The molecule has 0 bridgehead atoms. The molecule has 3 N–H and O–H groups in total. The largest absolute Gasteiger partial charge is 0.393 e. The third-order valence-corrected chi connectivity index (χ3v) is 9.85. The van der Waals surface area contributed by atoms with Gasteiger partial charge >= 0.3 is 0 Å². The maximum atomic E-state index is 13.3. The maximum Gasteiger partial charge on any atom is 0.261 e. The molecule has 0 unspecified atom stereocenters. The lowest BCUT2D eigenvalue weighted by atomic mass is 9.93. The topological polar surface area (TPSA) is 125 Å². The molecule has 1 aliphatic carbocycles. The highest BCUT2D eigenvalue weighted by Crippen LogP contribution is 2.41. The first-order valence-electron chi connectivity index (χ1n) is 14.3. The molecule has 0 saturated heterocycles. The van der Waals surface area contributed by atoms with Crippen LogP contribution in [-0.4, -0.2) is 45.2 Å². The Labute approximate surface area is 265 Å². The van der Waals surface area contributed by atoms with Crippen molar-refractivity contribution in [2.75, 3.05) is 14.9 Å². The van der Waals surface area contributed by atoms with Crippen molar-refractivity contribution >= 4 is 73.0 Å². The van der Waals surface area contributed by atoms with Crippen LogP contribution in [0.25, 0.3) is 11.2 Å². The van der Waals surface area contributed by atoms with Gasteiger partial charge in [-0.3, -0.25) is 9.62 Å². The third kappa shape index (κ3) is 6.18. The van der Waals surface area contributed by atoms with Gasteiger partial charge in [0, 0.05) is 18.3 Å². The summed E-state index contributed by atoms with van der Waals surface area (Å²) in [7, 11) is -3.93. The van der Waals surface area contributed by atoms with Crippen molar-refractivity contribution in [2.45, 2.75) is 56.2 Å². The van der Waals surface area contributed by atoms with Gasteiger partial charge in [-0.2, -0.15) is 0 Å². The van der Waals surface area contributed by atoms with Gasteiger partial charge in [0.05, 0.1) is 44.4 Å². The SMILES string of the molecule is CCn1cnc2c(N(c3ccc(S(=O)(=O)Nc4ccc(Cl)c(Cl)c4)cc3)c3ccccc3NC3CCC(O)CC3)ncnc21. The van der Waals surface area contributed by atoms with E-state index in [1.807, 2.05) is 40.7 Å². The molecule has 1 aliphatic rings. The average molecular weight is 653 g/mol. The summed E-state index contributed by atoms with van der Waals surface area (Å²) in [5.41, 5.74) is 3.98. The van der Waals surface area contributed by atoms with E-state index < -0.39 is 10.0 Å². The van der Waals surface area contributed by atoms with Crippen molar-refractivity contribution in [1.82, 2.24) is 19.5 Å². The number of anilines is 5. The van der Waals surface area contributed by atoms with Crippen LogP contribution >= 0.6 is 23.2 Å². The zero-order valence-electron chi connectivity index (χ0n) is 23.9. The Morgan fingerprint density at radius 3 is 2.43 bits per heavy atom. The summed E-state index contributed by atoms with van der Waals surface area (Å²) in [4.78, 5) is 15.8. The summed E-state index contributed by atoms with van der Waals surface area (Å²) < 4.78 is 31.0. The summed E-state index contributed by atoms with van der Waals surface area (Å²) in [5, 5.41) is 14.3. The number of halogens is 2. The number of aliphatic hydroxyl groups excluding tert-OH is 1. The van der Waals surface area contributed by atoms with E-state index in [4.69, 9.17) is 23.2 Å². The number of benzene rings is 3. The number of fused-ring (bicyclic) bond motifs is 1. The Balaban J connectivity index is 1.41. The lowest BCUT2D eigenvalue weighted by Gasteiger charge is -2.31. The molecule has 1 saturated carbocycles. The lowest BCUT2D eigenvalue weighted by Crippen LogP contribution is -2.28. The van der Waals surface area contributed by atoms with Crippen molar-refractivity contribution in [3.63, 3.8) is 0 Å². The van der Waals surface area contributed by atoms with Crippen LogP contribution in [0.4, 0.5) is 28.6 Å². The van der Waals surface area contributed by atoms with E-state index in [1.165, 1.54) is 18.5 Å². The Hall–Kier alpha value is -3.90. The molecule has 0 atom stereocenters. The number of aromatic nitrogens is 4. The minimum absolute atomic E-state index is 0.0718. The van der Waals surface area contributed by atoms with Gasteiger partial charge in [0.15, 0.2) is 17.0 Å². The summed E-state index contributed by atoms with van der Waals surface area (Å²) in [5.74, 6) is 0.556. The van der Waals surface area contributed by atoms with Crippen molar-refractivity contribution in [2.24, 2.45) is 0 Å². The standard InChI is InChI=1S/C31H31Cl2N7O3S/c1-2-39-19-36-29-30(39)34-18-35-31(29)40(28-6-4-3-5-27(28)37-20-7-12-23(41)13-8-20)22-10-14-24(15-11-22)44(42,43)38-21-9-16-25(32)26(33)17-21/h3-6,9-11,14-20,23,37-38,41H,2,7-8,12-13H2,1H3. The molecule has 1 fully saturated rings. The fourth-order valence-corrected chi connectivity index (χ4v) is 6.77. The summed E-state index contributed by atoms with van der Waals surface area (Å²) >= 11 is 12.1. The van der Waals surface area contributed by atoms with Gasteiger partial charge in [-0.15, -0.1) is 0 Å². The first-order chi connectivity index (χ1) is 21.2. The Kier molecular flexibility index (Phi) is 8.64. The predicted molar refractivity (Wildman–Crippen MR) is 175 cm³/mol. The molecule has 2 heterocycles. The van der Waals surface area contributed by atoms with E-state index in [2.05, 4.69) is 25.0 Å². The number of sulfonamides is 1. The second kappa shape index (κ2) is 12.6. The Bertz CT molecular complexity index is 1890. The van der Waals surface area contributed by atoms with Crippen molar-refractivity contribution in [3.05, 3.63) is 89.4 Å². The molecule has 0 spiro atoms. The van der Waals surface area contributed by atoms with Gasteiger partial charge in [-0.25, -0.2) is 23.4 Å². The fourth-order valence-electron chi connectivity index (χ4n) is 5.42. The molecule has 10 nitrogen and oxygen atoms in total. The molecular formula is C31H31Cl2N7O3S. The Morgan fingerprint density at radius 1 is 0.955 bits per heavy atom. The van der Waals surface area contributed by atoms with Gasteiger partial charge in [0.25, 0.3) is 10.0 Å². The maximum absolute atomic E-state index is 13.3. The van der Waals surface area contributed by atoms with Gasteiger partial charge in [-0.1, -0.05) is 35.3 Å². The highest BCUT2D eigenvalue weighted by Gasteiger charge is 2.25. The number of aliphatic hydroxyl groups is 1. The van der Waals surface area contributed by atoms with Crippen molar-refractivity contribution < 1.29 is 13.5 Å². The lowest BCUT2D eigenvalue weighted by molar-refractivity contribution is 0.126. The normalized spacial score (nSPS) is 17.0. The zero-order valence-corrected chi connectivity index (χ0v) is 26.2. The van der Waals surface area contributed by atoms with Crippen LogP contribution in [0.5, 0.6) is 0 Å². The molecule has 6 rings (SSSR count). The van der Waals surface area contributed by atoms with Crippen LogP contribution in [0.1, 0.15) is 32.6 Å². The van der Waals surface area contributed by atoms with E-state index in [1.54, 1.807) is 36.7 Å². The van der Waals surface area contributed by atoms with Gasteiger partial charge < -0.3 is 15.0 Å². The molecule has 0 amide bonds. The zero-order chi connectivity index (χ0) is 30.8. The minimum Gasteiger partial charge on any atom is -0.393 e. The van der Waals surface area contributed by atoms with E-state index >= 15 is 0 Å². The number of para-hydroxylation sites is 2. The number of hydrogen-bond acceptors (Lipinski definition) is 8. The molecule has 2 aromatic heterocycles. The second-order valence-corrected chi connectivity index (χ2v) is 13.1. The first kappa shape index (κ1) is 30.1. The fraction of sp³-hybridized carbons (Fsp3) is 0.258. The highest BCUT2D eigenvalue weighted by atomic mass is 35.5. The molecular weight excluding hydrogens is 621 g/mol. The number of hydrogen-bond donors (Lipinski definition) is 3. The van der Waals surface area contributed by atoms with Crippen LogP contribution in [0.2, 0.25) is 10.0 Å². The molecule has 3 aromatic carbocycles. The Morgan fingerprint density at radius 2 is 1.70 bits per heavy atom. The number of nitrogens with one attached hydrogen (secondary N) is 2. The van der Waals surface area contributed by atoms with E-state index in [0.29, 0.717) is 39.9 Å². The molecule has 5 aromatic rings. The third-order valence-electron chi connectivity index (χ3n) is 7.71. The smallest absolute Gasteiger partial charge is 0.261 e. The van der Waals surface area contributed by atoms with E-state index in [-0.39, 0.29) is 22.1 Å². The number of imidazole rings is 1. The molecule has 44 heavy (non-hydrogen) atoms. The van der Waals surface area contributed by atoms with Gasteiger partial charge in [0.1, 0.15) is 6.33 Å². The minimum atomic E-state index is -3.93. The van der Waals surface area contributed by atoms with Crippen molar-refractivity contribution in [1.29, 1.82) is 0 Å². The van der Waals surface area contributed by atoms with Crippen molar-refractivity contribution in [3.8, 4) is 0 Å². The number of nitrogens with zero attached hydrogens (tertiary/aromatic N) is 5. The molecule has 0 aliphatic heterocycles. The van der Waals surface area contributed by atoms with E-state index in [9.17, 15) is 13.5 Å². The number of rotatable bonds is 9. The molecule has 13 heteroatoms. The predicted octanol–water partition coefficient (Wildman–Crippen LogP) is 7.14. The van der Waals surface area contributed by atoms with Crippen LogP contribution in [-0.2, 0) is 16.6 Å². The first-order valence-corrected chi connectivity index (χ1v) is 16.5. The number of aryl methyl sites for hydroxylation is 1. The summed E-state index contributed by atoms with van der Waals surface area (Å²) in [6, 6.07) is 19.2. The van der Waals surface area contributed by atoms with Crippen LogP contribution < -0.4 is 14.9 Å². The quantitative estimate of drug-likeness (QED) is 0.154. The van der Waals surface area contributed by atoms with Crippen LogP contribution in [0.3, 0.4) is 0 Å². The highest BCUT2D eigenvalue weighted by molar-refractivity contribution is 7.92. The summed E-state index contributed by atoms with van der Waals surface area (Å²) in [6.45, 7) is 2.71. The summed E-state index contributed by atoms with van der Waals surface area (Å²) in [6.07, 6.45) is 6.19. The van der Waals surface area contributed by atoms with E-state index in [0.717, 1.165) is 37.1 Å². The van der Waals surface area contributed by atoms with Crippen LogP contribution in [0, 0.1) is 0 Å². The van der Waals surface area contributed by atoms with Gasteiger partial charge in [-0.05, 0) is 87.2 Å². The van der Waals surface area contributed by atoms with Crippen LogP contribution in [0.15, 0.2) is 84.3 Å². The average Bonchev–Trinajstić information content (AvgIpc) is 3.45. The second-order valence-electron chi connectivity index (χ2n) is 10.6. The molecule has 228 valence electrons. The molecule has 0 radical (unpaired) electrons. The van der Waals surface area contributed by atoms with Gasteiger partial charge in [0.2, 0.25) is 0 Å².